The zero-order valence-electron chi connectivity index (χ0n) is 6.11. The van der Waals surface area contributed by atoms with Crippen LogP contribution in [0.3, 0.4) is 0 Å². The topological polar surface area (TPSA) is 69.7 Å². The van der Waals surface area contributed by atoms with E-state index in [1.165, 1.54) is 0 Å². The fourth-order valence-electron chi connectivity index (χ4n) is 0.437. The van der Waals surface area contributed by atoms with Crippen LogP contribution in [0.5, 0.6) is 0 Å². The van der Waals surface area contributed by atoms with Crippen LogP contribution in [0.2, 0.25) is 0 Å². The summed E-state index contributed by atoms with van der Waals surface area (Å²) in [4.78, 5) is 10.5. The van der Waals surface area contributed by atoms with E-state index in [0.717, 1.165) is 0 Å². The molecule has 0 spiro atoms. The van der Waals surface area contributed by atoms with Gasteiger partial charge in [0.25, 0.3) is 11.0 Å². The van der Waals surface area contributed by atoms with Crippen molar-refractivity contribution in [2.24, 2.45) is 0 Å². The number of hydrogen-bond acceptors (Lipinski definition) is 5. The Labute approximate surface area is 66.5 Å². The molecular weight excluding hydrogens is 172 g/mol. The van der Waals surface area contributed by atoms with Crippen LogP contribution < -0.4 is 0 Å². The lowest BCUT2D eigenvalue weighted by molar-refractivity contribution is -0.143. The molecule has 0 bridgehead atoms. The molecule has 0 aromatic carbocycles. The van der Waals surface area contributed by atoms with Gasteiger partial charge in [0, 0.05) is 0 Å². The third kappa shape index (κ3) is 7.27. The Morgan fingerprint density at radius 3 is 2.55 bits per heavy atom. The molecule has 11 heavy (non-hydrogen) atoms. The van der Waals surface area contributed by atoms with E-state index in [-0.39, 0.29) is 13.0 Å². The van der Waals surface area contributed by atoms with E-state index in [9.17, 15) is 13.2 Å². The summed E-state index contributed by atoms with van der Waals surface area (Å²) < 4.78 is 28.2. The minimum Gasteiger partial charge on any atom is -0.466 e. The first kappa shape index (κ1) is 10.4. The second-order valence-electron chi connectivity index (χ2n) is 1.61. The van der Waals surface area contributed by atoms with E-state index >= 15 is 0 Å². The van der Waals surface area contributed by atoms with Crippen molar-refractivity contribution in [1.82, 2.24) is 0 Å². The highest BCUT2D eigenvalue weighted by Gasteiger charge is 2.00. The summed E-state index contributed by atoms with van der Waals surface area (Å²) in [5, 5.41) is 0. The Morgan fingerprint density at radius 1 is 1.45 bits per heavy atom. The molecule has 0 amide bonds. The third-order valence-electron chi connectivity index (χ3n) is 0.808. The third-order valence-corrected chi connectivity index (χ3v) is 1.20. The average Bonchev–Trinajstić information content (AvgIpc) is 1.87. The quantitative estimate of drug-likeness (QED) is 0.457. The monoisotopic (exact) mass is 182 g/mol. The zero-order chi connectivity index (χ0) is 8.69. The highest BCUT2D eigenvalue weighted by molar-refractivity contribution is 7.67. The number of thiol groups is 1. The number of esters is 1. The van der Waals surface area contributed by atoms with E-state index in [1.807, 2.05) is 0 Å². The van der Waals surface area contributed by atoms with Gasteiger partial charge in [-0.1, -0.05) is 0 Å². The lowest BCUT2D eigenvalue weighted by Gasteiger charge is -1.98. The SMILES string of the molecule is CCOC(=O)CCO[SH](=O)=O. The van der Waals surface area contributed by atoms with Crippen LogP contribution in [-0.4, -0.2) is 27.6 Å². The maximum absolute atomic E-state index is 10.5. The van der Waals surface area contributed by atoms with Crippen molar-refractivity contribution in [3.05, 3.63) is 0 Å². The molecule has 0 saturated carbocycles. The van der Waals surface area contributed by atoms with Crippen LogP contribution in [0, 0.1) is 0 Å². The molecule has 0 aliphatic rings. The summed E-state index contributed by atoms with van der Waals surface area (Å²) in [7, 11) is -2.85. The Balaban J connectivity index is 3.31. The molecule has 0 atom stereocenters. The number of hydrogen-bond donors (Lipinski definition) is 1. The van der Waals surface area contributed by atoms with Crippen LogP contribution in [0.15, 0.2) is 0 Å². The van der Waals surface area contributed by atoms with Crippen LogP contribution in [0.25, 0.3) is 0 Å². The van der Waals surface area contributed by atoms with Crippen LogP contribution in [0.4, 0.5) is 0 Å². The zero-order valence-corrected chi connectivity index (χ0v) is 7.00. The molecule has 0 aliphatic carbocycles. The van der Waals surface area contributed by atoms with Gasteiger partial charge in [-0.2, -0.15) is 0 Å². The molecule has 0 saturated heterocycles. The van der Waals surface area contributed by atoms with Gasteiger partial charge < -0.3 is 4.74 Å². The fourth-order valence-corrected chi connectivity index (χ4v) is 0.677. The summed E-state index contributed by atoms with van der Waals surface area (Å²) in [6.45, 7) is 1.83. The van der Waals surface area contributed by atoms with Gasteiger partial charge in [0.15, 0.2) is 0 Å². The van der Waals surface area contributed by atoms with Crippen molar-refractivity contribution >= 4 is 17.0 Å². The van der Waals surface area contributed by atoms with Crippen molar-refractivity contribution in [3.63, 3.8) is 0 Å². The minimum atomic E-state index is -2.85. The van der Waals surface area contributed by atoms with E-state index in [4.69, 9.17) is 0 Å². The van der Waals surface area contributed by atoms with Gasteiger partial charge in [0.2, 0.25) is 0 Å². The highest BCUT2D eigenvalue weighted by Crippen LogP contribution is 1.87. The molecule has 0 unspecified atom stereocenters. The van der Waals surface area contributed by atoms with Gasteiger partial charge in [-0.3, -0.25) is 8.98 Å². The smallest absolute Gasteiger partial charge is 0.308 e. The Morgan fingerprint density at radius 2 is 2.09 bits per heavy atom. The predicted molar refractivity (Wildman–Crippen MR) is 37.5 cm³/mol. The Bertz CT molecular complexity index is 177. The second-order valence-corrected chi connectivity index (χ2v) is 2.32. The maximum Gasteiger partial charge on any atom is 0.308 e. The molecule has 0 aromatic heterocycles. The maximum atomic E-state index is 10.5. The first-order valence-electron chi connectivity index (χ1n) is 3.09. The van der Waals surface area contributed by atoms with Crippen molar-refractivity contribution in [1.29, 1.82) is 0 Å². The van der Waals surface area contributed by atoms with E-state index in [1.54, 1.807) is 6.92 Å². The van der Waals surface area contributed by atoms with Crippen molar-refractivity contribution in [2.75, 3.05) is 13.2 Å². The Hall–Kier alpha value is -0.620. The average molecular weight is 182 g/mol. The molecule has 0 N–H and O–H groups in total. The first-order chi connectivity index (χ1) is 5.16. The molecule has 66 valence electrons. The van der Waals surface area contributed by atoms with Crippen LogP contribution in [0.1, 0.15) is 13.3 Å². The van der Waals surface area contributed by atoms with Gasteiger partial charge in [-0.05, 0) is 6.92 Å². The van der Waals surface area contributed by atoms with Gasteiger partial charge in [0.1, 0.15) is 0 Å². The molecule has 0 aromatic rings. The number of carbonyl (C=O) groups excluding carboxylic acids is 1. The Kier molecular flexibility index (Phi) is 5.77. The van der Waals surface area contributed by atoms with Crippen molar-refractivity contribution < 1.29 is 22.1 Å². The van der Waals surface area contributed by atoms with E-state index in [0.29, 0.717) is 6.61 Å². The van der Waals surface area contributed by atoms with E-state index in [2.05, 4.69) is 8.92 Å². The largest absolute Gasteiger partial charge is 0.466 e. The van der Waals surface area contributed by atoms with Gasteiger partial charge in [0.05, 0.1) is 19.6 Å². The summed E-state index contributed by atoms with van der Waals surface area (Å²) in [5.74, 6) is -0.454. The summed E-state index contributed by atoms with van der Waals surface area (Å²) in [6.07, 6.45) is -0.0306. The molecule has 0 heterocycles. The van der Waals surface area contributed by atoms with Crippen LogP contribution in [-0.2, 0) is 24.7 Å². The molecule has 0 radical (unpaired) electrons. The van der Waals surface area contributed by atoms with Gasteiger partial charge in [-0.25, -0.2) is 8.42 Å². The fraction of sp³-hybridized carbons (Fsp3) is 0.800. The summed E-state index contributed by atoms with van der Waals surface area (Å²) in [5.41, 5.74) is 0. The number of ether oxygens (including phenoxy) is 1. The predicted octanol–water partition coefficient (Wildman–Crippen LogP) is -0.517. The summed E-state index contributed by atoms with van der Waals surface area (Å²) >= 11 is 0. The molecular formula is C5H10O5S. The molecule has 0 rings (SSSR count). The standard InChI is InChI=1S/C5H10O5S/c1-2-9-5(6)3-4-10-11(7)8/h11H,2-4H2,1H3. The lowest BCUT2D eigenvalue weighted by Crippen LogP contribution is -2.07. The lowest BCUT2D eigenvalue weighted by atomic mass is 10.5. The van der Waals surface area contributed by atoms with E-state index < -0.39 is 17.0 Å². The van der Waals surface area contributed by atoms with Crippen molar-refractivity contribution in [2.45, 2.75) is 13.3 Å². The normalized spacial score (nSPS) is 10.0. The molecule has 6 heteroatoms. The molecule has 0 aliphatic heterocycles. The molecule has 5 nitrogen and oxygen atoms in total. The minimum absolute atomic E-state index is 0.0306. The number of rotatable bonds is 5. The summed E-state index contributed by atoms with van der Waals surface area (Å²) in [6, 6.07) is 0. The van der Waals surface area contributed by atoms with Gasteiger partial charge >= 0.3 is 5.97 Å². The first-order valence-corrected chi connectivity index (χ1v) is 4.19. The second kappa shape index (κ2) is 6.11. The van der Waals surface area contributed by atoms with Crippen molar-refractivity contribution in [3.8, 4) is 0 Å². The van der Waals surface area contributed by atoms with Gasteiger partial charge in [-0.15, -0.1) is 0 Å². The molecule has 0 fully saturated rings. The van der Waals surface area contributed by atoms with Crippen LogP contribution >= 0.6 is 0 Å². The highest BCUT2D eigenvalue weighted by atomic mass is 32.2. The number of carbonyl (C=O) groups is 1.